The SMILES string of the molecule is C=CCN1C(=O)C(=Cc2cc(F)ccc2O)C(=O)NC1=S. The summed E-state index contributed by atoms with van der Waals surface area (Å²) in [6, 6.07) is 3.23. The van der Waals surface area contributed by atoms with Crippen molar-refractivity contribution in [1.29, 1.82) is 0 Å². The molecule has 1 saturated heterocycles. The maximum Gasteiger partial charge on any atom is 0.265 e. The second-order valence-corrected chi connectivity index (χ2v) is 4.61. The number of rotatable bonds is 3. The molecule has 2 amide bonds. The van der Waals surface area contributed by atoms with Crippen LogP contribution in [-0.2, 0) is 9.59 Å². The number of thiocarbonyl (C=S) groups is 1. The van der Waals surface area contributed by atoms with Crippen molar-refractivity contribution < 1.29 is 19.1 Å². The molecule has 0 aliphatic carbocycles. The van der Waals surface area contributed by atoms with Gasteiger partial charge in [-0.25, -0.2) is 4.39 Å². The maximum atomic E-state index is 13.2. The fourth-order valence-corrected chi connectivity index (χ4v) is 2.04. The first-order valence-electron chi connectivity index (χ1n) is 5.92. The zero-order valence-corrected chi connectivity index (χ0v) is 11.6. The van der Waals surface area contributed by atoms with Gasteiger partial charge in [-0.05, 0) is 36.5 Å². The molecular weight excluding hydrogens is 295 g/mol. The number of amides is 2. The molecule has 108 valence electrons. The van der Waals surface area contributed by atoms with Crippen LogP contribution in [0, 0.1) is 5.82 Å². The molecule has 21 heavy (non-hydrogen) atoms. The topological polar surface area (TPSA) is 69.6 Å². The lowest BCUT2D eigenvalue weighted by atomic mass is 10.1. The van der Waals surface area contributed by atoms with E-state index in [-0.39, 0.29) is 28.5 Å². The maximum absolute atomic E-state index is 13.2. The van der Waals surface area contributed by atoms with Gasteiger partial charge >= 0.3 is 0 Å². The minimum Gasteiger partial charge on any atom is -0.507 e. The highest BCUT2D eigenvalue weighted by Gasteiger charge is 2.32. The van der Waals surface area contributed by atoms with Gasteiger partial charge in [0.1, 0.15) is 17.1 Å². The second-order valence-electron chi connectivity index (χ2n) is 4.22. The molecule has 7 heteroatoms. The molecule has 0 aromatic heterocycles. The number of hydrogen-bond acceptors (Lipinski definition) is 4. The van der Waals surface area contributed by atoms with Gasteiger partial charge in [0.25, 0.3) is 11.8 Å². The van der Waals surface area contributed by atoms with E-state index in [1.807, 2.05) is 0 Å². The van der Waals surface area contributed by atoms with Crippen molar-refractivity contribution in [1.82, 2.24) is 10.2 Å². The standard InChI is InChI=1S/C14H11FN2O3S/c1-2-5-17-13(20)10(12(19)16-14(17)21)7-8-6-9(15)3-4-11(8)18/h2-4,6-7,18H,1,5H2,(H,16,19,21). The zero-order chi connectivity index (χ0) is 15.6. The number of aromatic hydroxyl groups is 1. The van der Waals surface area contributed by atoms with Crippen molar-refractivity contribution >= 4 is 35.2 Å². The molecule has 1 fully saturated rings. The Morgan fingerprint density at radius 1 is 1.43 bits per heavy atom. The summed E-state index contributed by atoms with van der Waals surface area (Å²) in [4.78, 5) is 25.2. The van der Waals surface area contributed by atoms with Gasteiger partial charge in [0.15, 0.2) is 5.11 Å². The van der Waals surface area contributed by atoms with E-state index in [0.29, 0.717) is 0 Å². The van der Waals surface area contributed by atoms with Crippen LogP contribution in [0.25, 0.3) is 6.08 Å². The first kappa shape index (κ1) is 14.9. The normalized spacial score (nSPS) is 17.1. The second kappa shape index (κ2) is 5.84. The third-order valence-corrected chi connectivity index (χ3v) is 3.11. The van der Waals surface area contributed by atoms with E-state index < -0.39 is 17.6 Å². The summed E-state index contributed by atoms with van der Waals surface area (Å²) < 4.78 is 13.2. The molecule has 5 nitrogen and oxygen atoms in total. The van der Waals surface area contributed by atoms with Gasteiger partial charge in [0.2, 0.25) is 0 Å². The summed E-state index contributed by atoms with van der Waals surface area (Å²) in [7, 11) is 0. The van der Waals surface area contributed by atoms with Gasteiger partial charge in [-0.1, -0.05) is 6.08 Å². The molecule has 1 aromatic rings. The Balaban J connectivity index is 2.45. The summed E-state index contributed by atoms with van der Waals surface area (Å²) in [6.45, 7) is 3.63. The Morgan fingerprint density at radius 2 is 2.14 bits per heavy atom. The summed E-state index contributed by atoms with van der Waals surface area (Å²) in [5, 5.41) is 12.0. The Hall–Kier alpha value is -2.54. The number of phenols is 1. The number of benzene rings is 1. The largest absolute Gasteiger partial charge is 0.507 e. The number of carbonyl (C=O) groups excluding carboxylic acids is 2. The smallest absolute Gasteiger partial charge is 0.265 e. The fraction of sp³-hybridized carbons (Fsp3) is 0.0714. The molecule has 0 spiro atoms. The van der Waals surface area contributed by atoms with Crippen LogP contribution in [0.5, 0.6) is 5.75 Å². The highest BCUT2D eigenvalue weighted by Crippen LogP contribution is 2.22. The van der Waals surface area contributed by atoms with Gasteiger partial charge in [0, 0.05) is 12.1 Å². The molecular formula is C14H11FN2O3S. The van der Waals surface area contributed by atoms with Crippen LogP contribution in [0.4, 0.5) is 4.39 Å². The summed E-state index contributed by atoms with van der Waals surface area (Å²) in [6.07, 6.45) is 2.58. The van der Waals surface area contributed by atoms with Crippen molar-refractivity contribution in [3.8, 4) is 5.75 Å². The Kier molecular flexibility index (Phi) is 4.13. The van der Waals surface area contributed by atoms with E-state index in [1.54, 1.807) is 0 Å². The molecule has 1 aliphatic rings. The predicted octanol–water partition coefficient (Wildman–Crippen LogP) is 1.34. The molecule has 1 heterocycles. The van der Waals surface area contributed by atoms with Crippen LogP contribution in [-0.4, -0.2) is 33.5 Å². The third kappa shape index (κ3) is 2.97. The van der Waals surface area contributed by atoms with Crippen molar-refractivity contribution in [3.63, 3.8) is 0 Å². The summed E-state index contributed by atoms with van der Waals surface area (Å²) in [5.41, 5.74) is -0.216. The summed E-state index contributed by atoms with van der Waals surface area (Å²) in [5.74, 6) is -2.17. The lowest BCUT2D eigenvalue weighted by Crippen LogP contribution is -2.53. The van der Waals surface area contributed by atoms with Crippen molar-refractivity contribution in [3.05, 3.63) is 47.8 Å². The van der Waals surface area contributed by atoms with Crippen LogP contribution in [0.15, 0.2) is 36.4 Å². The van der Waals surface area contributed by atoms with Crippen molar-refractivity contribution in [2.45, 2.75) is 0 Å². The van der Waals surface area contributed by atoms with E-state index >= 15 is 0 Å². The van der Waals surface area contributed by atoms with E-state index in [9.17, 15) is 19.1 Å². The number of carbonyl (C=O) groups is 2. The number of nitrogens with one attached hydrogen (secondary N) is 1. The Bertz CT molecular complexity index is 685. The molecule has 0 atom stereocenters. The van der Waals surface area contributed by atoms with Crippen LogP contribution >= 0.6 is 12.2 Å². The molecule has 0 bridgehead atoms. The Morgan fingerprint density at radius 3 is 2.81 bits per heavy atom. The molecule has 1 aromatic carbocycles. The molecule has 0 radical (unpaired) electrons. The third-order valence-electron chi connectivity index (χ3n) is 2.79. The first-order valence-corrected chi connectivity index (χ1v) is 6.33. The highest BCUT2D eigenvalue weighted by molar-refractivity contribution is 7.80. The molecule has 0 saturated carbocycles. The van der Waals surface area contributed by atoms with Crippen LogP contribution < -0.4 is 5.32 Å². The van der Waals surface area contributed by atoms with E-state index in [4.69, 9.17) is 12.2 Å². The van der Waals surface area contributed by atoms with E-state index in [1.165, 1.54) is 6.08 Å². The average molecular weight is 306 g/mol. The number of halogens is 1. The average Bonchev–Trinajstić information content (AvgIpc) is 2.43. The number of nitrogens with zero attached hydrogens (tertiary/aromatic N) is 1. The van der Waals surface area contributed by atoms with Crippen LogP contribution in [0.3, 0.4) is 0 Å². The number of phenolic OH excluding ortho intramolecular Hbond substituents is 1. The van der Waals surface area contributed by atoms with Gasteiger partial charge in [0.05, 0.1) is 0 Å². The lowest BCUT2D eigenvalue weighted by Gasteiger charge is -2.27. The monoisotopic (exact) mass is 306 g/mol. The molecule has 0 unspecified atom stereocenters. The van der Waals surface area contributed by atoms with Crippen LogP contribution in [0.1, 0.15) is 5.56 Å². The first-order chi connectivity index (χ1) is 9.93. The van der Waals surface area contributed by atoms with E-state index in [0.717, 1.165) is 29.2 Å². The highest BCUT2D eigenvalue weighted by atomic mass is 32.1. The quantitative estimate of drug-likeness (QED) is 0.383. The zero-order valence-electron chi connectivity index (χ0n) is 10.8. The van der Waals surface area contributed by atoms with Crippen molar-refractivity contribution in [2.24, 2.45) is 0 Å². The summed E-state index contributed by atoms with van der Waals surface area (Å²) >= 11 is 4.90. The molecule has 2 N–H and O–H groups in total. The molecule has 2 rings (SSSR count). The fourth-order valence-electron chi connectivity index (χ4n) is 1.79. The van der Waals surface area contributed by atoms with Gasteiger partial charge < -0.3 is 5.11 Å². The predicted molar refractivity (Wildman–Crippen MR) is 78.7 cm³/mol. The number of hydrogen-bond donors (Lipinski definition) is 2. The lowest BCUT2D eigenvalue weighted by molar-refractivity contribution is -0.128. The molecule has 1 aliphatic heterocycles. The van der Waals surface area contributed by atoms with Crippen molar-refractivity contribution in [2.75, 3.05) is 6.54 Å². The van der Waals surface area contributed by atoms with Gasteiger partial charge in [-0.2, -0.15) is 0 Å². The van der Waals surface area contributed by atoms with Gasteiger partial charge in [-0.15, -0.1) is 6.58 Å². The van der Waals surface area contributed by atoms with Crippen LogP contribution in [0.2, 0.25) is 0 Å². The van der Waals surface area contributed by atoms with Gasteiger partial charge in [-0.3, -0.25) is 19.8 Å². The minimum atomic E-state index is -0.700. The Labute approximate surface area is 125 Å². The van der Waals surface area contributed by atoms with E-state index in [2.05, 4.69) is 11.9 Å². The minimum absolute atomic E-state index is 0.0227.